The largest absolute Gasteiger partial charge is 0.316 e. The van der Waals surface area contributed by atoms with Gasteiger partial charge in [0.1, 0.15) is 0 Å². The van der Waals surface area contributed by atoms with E-state index in [-0.39, 0.29) is 0 Å². The van der Waals surface area contributed by atoms with Crippen molar-refractivity contribution >= 4 is 27.3 Å². The summed E-state index contributed by atoms with van der Waals surface area (Å²) >= 11 is 5.51. The molecule has 21 heavy (non-hydrogen) atoms. The molecule has 0 aliphatic rings. The zero-order valence-electron chi connectivity index (χ0n) is 13.0. The number of nitrogens with one attached hydrogen (secondary N) is 1. The normalized spacial score (nSPS) is 12.8. The fourth-order valence-electron chi connectivity index (χ4n) is 2.47. The zero-order chi connectivity index (χ0) is 15.2. The van der Waals surface area contributed by atoms with Crippen LogP contribution in [0.1, 0.15) is 35.8 Å². The van der Waals surface area contributed by atoms with Crippen molar-refractivity contribution < 1.29 is 0 Å². The van der Waals surface area contributed by atoms with Crippen LogP contribution >= 0.6 is 27.3 Å². The highest BCUT2D eigenvalue weighted by atomic mass is 79.9. The van der Waals surface area contributed by atoms with Crippen LogP contribution in [-0.4, -0.2) is 13.1 Å². The molecular weight excluding hydrogens is 342 g/mol. The van der Waals surface area contributed by atoms with Crippen LogP contribution in [0, 0.1) is 12.8 Å². The molecule has 0 bridgehead atoms. The molecule has 1 N–H and O–H groups in total. The van der Waals surface area contributed by atoms with Crippen molar-refractivity contribution in [3.05, 3.63) is 56.2 Å². The number of rotatable bonds is 7. The average Bonchev–Trinajstić information content (AvgIpc) is 2.83. The molecule has 1 heterocycles. The van der Waals surface area contributed by atoms with Crippen molar-refractivity contribution in [1.82, 2.24) is 5.32 Å². The van der Waals surface area contributed by atoms with E-state index in [1.165, 1.54) is 20.5 Å². The van der Waals surface area contributed by atoms with Gasteiger partial charge in [-0.15, -0.1) is 11.3 Å². The number of hydrogen-bond acceptors (Lipinski definition) is 2. The molecule has 1 aromatic heterocycles. The number of halogens is 1. The van der Waals surface area contributed by atoms with Crippen LogP contribution in [0.3, 0.4) is 0 Å². The lowest BCUT2D eigenvalue weighted by Gasteiger charge is -2.19. The maximum Gasteiger partial charge on any atom is 0.0314 e. The lowest BCUT2D eigenvalue weighted by atomic mass is 9.93. The predicted octanol–water partition coefficient (Wildman–Crippen LogP) is 5.39. The van der Waals surface area contributed by atoms with Crippen molar-refractivity contribution in [2.45, 2.75) is 33.1 Å². The standard InChI is InChI=1S/C18H24BrNS/c1-13(2)11-20-12-16(10-18-17(19)7-8-21-18)15-6-4-5-14(3)9-15/h4-9,13,16,20H,10-12H2,1-3H3. The Bertz CT molecular complexity index is 562. The van der Waals surface area contributed by atoms with Gasteiger partial charge in [-0.25, -0.2) is 0 Å². The van der Waals surface area contributed by atoms with E-state index in [0.29, 0.717) is 11.8 Å². The Hall–Kier alpha value is -0.640. The Morgan fingerprint density at radius 3 is 2.62 bits per heavy atom. The zero-order valence-corrected chi connectivity index (χ0v) is 15.4. The van der Waals surface area contributed by atoms with E-state index in [2.05, 4.69) is 77.7 Å². The second kappa shape index (κ2) is 8.11. The van der Waals surface area contributed by atoms with Gasteiger partial charge in [0.05, 0.1) is 0 Å². The third-order valence-corrected chi connectivity index (χ3v) is 5.53. The average molecular weight is 366 g/mol. The molecule has 1 atom stereocenters. The highest BCUT2D eigenvalue weighted by molar-refractivity contribution is 9.10. The summed E-state index contributed by atoms with van der Waals surface area (Å²) in [5.74, 6) is 1.22. The summed E-state index contributed by atoms with van der Waals surface area (Å²) in [5, 5.41) is 5.79. The molecule has 2 rings (SSSR count). The van der Waals surface area contributed by atoms with Gasteiger partial charge >= 0.3 is 0 Å². The first-order chi connectivity index (χ1) is 10.1. The van der Waals surface area contributed by atoms with E-state index >= 15 is 0 Å². The molecule has 2 aromatic rings. The van der Waals surface area contributed by atoms with Crippen LogP contribution < -0.4 is 5.32 Å². The SMILES string of the molecule is Cc1cccc(C(CNCC(C)C)Cc2sccc2Br)c1. The first kappa shape index (κ1) is 16.7. The van der Waals surface area contributed by atoms with Gasteiger partial charge in [0, 0.05) is 21.8 Å². The van der Waals surface area contributed by atoms with Crippen LogP contribution in [-0.2, 0) is 6.42 Å². The Kier molecular flexibility index (Phi) is 6.46. The summed E-state index contributed by atoms with van der Waals surface area (Å²) in [7, 11) is 0. The number of hydrogen-bond donors (Lipinski definition) is 1. The van der Waals surface area contributed by atoms with Crippen LogP contribution in [0.2, 0.25) is 0 Å². The monoisotopic (exact) mass is 365 g/mol. The molecule has 0 aliphatic heterocycles. The fourth-order valence-corrected chi connectivity index (χ4v) is 4.07. The minimum atomic E-state index is 0.526. The first-order valence-corrected chi connectivity index (χ1v) is 9.22. The van der Waals surface area contributed by atoms with Gasteiger partial charge in [0.25, 0.3) is 0 Å². The molecule has 0 amide bonds. The van der Waals surface area contributed by atoms with Gasteiger partial charge in [-0.1, -0.05) is 43.7 Å². The molecule has 114 valence electrons. The molecule has 0 spiro atoms. The van der Waals surface area contributed by atoms with Gasteiger partial charge in [-0.2, -0.15) is 0 Å². The van der Waals surface area contributed by atoms with Crippen LogP contribution in [0.15, 0.2) is 40.2 Å². The van der Waals surface area contributed by atoms with Crippen molar-refractivity contribution in [3.63, 3.8) is 0 Å². The Morgan fingerprint density at radius 1 is 1.19 bits per heavy atom. The summed E-state index contributed by atoms with van der Waals surface area (Å²) in [4.78, 5) is 1.44. The van der Waals surface area contributed by atoms with E-state index < -0.39 is 0 Å². The number of thiophene rings is 1. The summed E-state index contributed by atoms with van der Waals surface area (Å²) in [6.07, 6.45) is 1.09. The Morgan fingerprint density at radius 2 is 2.00 bits per heavy atom. The number of benzene rings is 1. The van der Waals surface area contributed by atoms with Gasteiger partial charge in [0.15, 0.2) is 0 Å². The molecule has 3 heteroatoms. The molecule has 1 aromatic carbocycles. The Balaban J connectivity index is 2.12. The maximum absolute atomic E-state index is 3.66. The predicted molar refractivity (Wildman–Crippen MR) is 97.4 cm³/mol. The molecule has 1 unspecified atom stereocenters. The molecule has 0 fully saturated rings. The first-order valence-electron chi connectivity index (χ1n) is 7.55. The molecule has 0 saturated carbocycles. The van der Waals surface area contributed by atoms with Crippen LogP contribution in [0.5, 0.6) is 0 Å². The van der Waals surface area contributed by atoms with Crippen LogP contribution in [0.25, 0.3) is 0 Å². The molecule has 0 saturated heterocycles. The highest BCUT2D eigenvalue weighted by Crippen LogP contribution is 2.29. The third-order valence-electron chi connectivity index (χ3n) is 3.58. The smallest absolute Gasteiger partial charge is 0.0314 e. The highest BCUT2D eigenvalue weighted by Gasteiger charge is 2.15. The van der Waals surface area contributed by atoms with E-state index in [4.69, 9.17) is 0 Å². The van der Waals surface area contributed by atoms with E-state index in [1.54, 1.807) is 0 Å². The van der Waals surface area contributed by atoms with Gasteiger partial charge in [-0.05, 0) is 58.7 Å². The van der Waals surface area contributed by atoms with E-state index in [0.717, 1.165) is 19.5 Å². The van der Waals surface area contributed by atoms with Gasteiger partial charge in [-0.3, -0.25) is 0 Å². The third kappa shape index (κ3) is 5.24. The van der Waals surface area contributed by atoms with Crippen molar-refractivity contribution in [1.29, 1.82) is 0 Å². The van der Waals surface area contributed by atoms with Crippen molar-refractivity contribution in [2.75, 3.05) is 13.1 Å². The minimum absolute atomic E-state index is 0.526. The fraction of sp³-hybridized carbons (Fsp3) is 0.444. The summed E-state index contributed by atoms with van der Waals surface area (Å²) in [6, 6.07) is 11.1. The maximum atomic E-state index is 3.66. The second-order valence-electron chi connectivity index (χ2n) is 6.06. The molecule has 1 nitrogen and oxygen atoms in total. The Labute approximate surface area is 140 Å². The van der Waals surface area contributed by atoms with Gasteiger partial charge in [0.2, 0.25) is 0 Å². The van der Waals surface area contributed by atoms with E-state index in [9.17, 15) is 0 Å². The van der Waals surface area contributed by atoms with Gasteiger partial charge < -0.3 is 5.32 Å². The summed E-state index contributed by atoms with van der Waals surface area (Å²) in [6.45, 7) is 8.79. The summed E-state index contributed by atoms with van der Waals surface area (Å²) in [5.41, 5.74) is 2.78. The summed E-state index contributed by atoms with van der Waals surface area (Å²) < 4.78 is 1.24. The molecule has 0 radical (unpaired) electrons. The second-order valence-corrected chi connectivity index (χ2v) is 7.91. The van der Waals surface area contributed by atoms with Crippen LogP contribution in [0.4, 0.5) is 0 Å². The van der Waals surface area contributed by atoms with Crippen molar-refractivity contribution in [2.24, 2.45) is 5.92 Å². The molecular formula is C18H24BrNS. The lowest BCUT2D eigenvalue weighted by molar-refractivity contribution is 0.515. The number of aryl methyl sites for hydroxylation is 1. The van der Waals surface area contributed by atoms with Crippen molar-refractivity contribution in [3.8, 4) is 0 Å². The minimum Gasteiger partial charge on any atom is -0.316 e. The lowest BCUT2D eigenvalue weighted by Crippen LogP contribution is -2.26. The topological polar surface area (TPSA) is 12.0 Å². The quantitative estimate of drug-likeness (QED) is 0.693. The van der Waals surface area contributed by atoms with E-state index in [1.807, 2.05) is 11.3 Å². The molecule has 0 aliphatic carbocycles.